The van der Waals surface area contributed by atoms with E-state index in [1.165, 1.54) is 30.3 Å². The Kier molecular flexibility index (Phi) is 4.07. The largest absolute Gasteiger partial charge is 0.366 e. The predicted octanol–water partition coefficient (Wildman–Crippen LogP) is 2.92. The Labute approximate surface area is 98.5 Å². The molecule has 1 amide bonds. The normalized spacial score (nSPS) is 12.8. The van der Waals surface area contributed by atoms with Crippen molar-refractivity contribution in [2.45, 2.75) is 12.6 Å². The van der Waals surface area contributed by atoms with E-state index in [1.807, 2.05) is 0 Å². The maximum Gasteiger partial charge on any atom is 0.350 e. The first-order chi connectivity index (χ1) is 7.86. The number of allylic oxidation sites excluding steroid dienone is 1. The molecule has 6 heteroatoms. The van der Waals surface area contributed by atoms with Gasteiger partial charge in [0.05, 0.1) is 0 Å². The first kappa shape index (κ1) is 13.5. The molecule has 0 atom stereocenters. The van der Waals surface area contributed by atoms with Crippen molar-refractivity contribution in [2.24, 2.45) is 5.73 Å². The van der Waals surface area contributed by atoms with E-state index in [4.69, 9.17) is 5.73 Å². The van der Waals surface area contributed by atoms with Crippen molar-refractivity contribution < 1.29 is 18.1 Å². The molecule has 0 unspecified atom stereocenters. The Balaban J connectivity index is 3.04. The van der Waals surface area contributed by atoms with E-state index < -0.39 is 20.0 Å². The fourth-order valence-electron chi connectivity index (χ4n) is 1.28. The lowest BCUT2D eigenvalue weighted by atomic mass is 10.1. The monoisotopic (exact) mass is 257 g/mol. The fraction of sp³-hybridized carbons (Fsp3) is 0.182. The van der Waals surface area contributed by atoms with Crippen LogP contribution in [0.2, 0.25) is 0 Å². The van der Waals surface area contributed by atoms with Crippen molar-refractivity contribution in [3.8, 4) is 0 Å². The Morgan fingerprint density at radius 1 is 1.35 bits per heavy atom. The van der Waals surface area contributed by atoms with Crippen molar-refractivity contribution in [1.82, 2.24) is 0 Å². The van der Waals surface area contributed by atoms with E-state index in [0.29, 0.717) is 11.1 Å². The van der Waals surface area contributed by atoms with Gasteiger partial charge in [0.25, 0.3) is 0 Å². The average Bonchev–Trinajstić information content (AvgIpc) is 2.28. The molecule has 0 aliphatic heterocycles. The molecule has 0 aliphatic rings. The molecule has 1 aromatic carbocycles. The highest BCUT2D eigenvalue weighted by molar-refractivity contribution is 7.24. The summed E-state index contributed by atoms with van der Waals surface area (Å²) < 4.78 is 36.3. The number of carbonyl (C=O) groups is 1. The lowest BCUT2D eigenvalue weighted by Crippen LogP contribution is -2.06. The second kappa shape index (κ2) is 5.15. The minimum absolute atomic E-state index is 0.343. The molecule has 17 heavy (non-hydrogen) atoms. The molecule has 0 spiro atoms. The molecule has 0 saturated heterocycles. The molecule has 0 radical (unpaired) electrons. The number of halogens is 2. The van der Waals surface area contributed by atoms with Crippen molar-refractivity contribution >= 4 is 19.9 Å². The van der Waals surface area contributed by atoms with E-state index in [0.717, 1.165) is 0 Å². The average molecular weight is 257 g/mol. The Morgan fingerprint density at radius 3 is 2.29 bits per heavy atom. The molecule has 0 aromatic heterocycles. The van der Waals surface area contributed by atoms with Gasteiger partial charge in [-0.3, -0.25) is 9.36 Å². The summed E-state index contributed by atoms with van der Waals surface area (Å²) in [5.74, 6) is -0.602. The zero-order valence-corrected chi connectivity index (χ0v) is 9.88. The molecule has 0 saturated carbocycles. The standard InChI is InChI=1S/C11H10F2NO2P/c1-7(6-10(14)15)8-2-4-9(5-3-8)11(12,13)17-16/h2-6H,1H3,(H2,14,15)/b7-6+. The summed E-state index contributed by atoms with van der Waals surface area (Å²) in [4.78, 5) is 10.6. The van der Waals surface area contributed by atoms with Crippen molar-refractivity contribution in [1.29, 1.82) is 0 Å². The number of benzene rings is 1. The van der Waals surface area contributed by atoms with Crippen LogP contribution in [0.5, 0.6) is 0 Å². The van der Waals surface area contributed by atoms with Gasteiger partial charge in [-0.2, -0.15) is 8.78 Å². The van der Waals surface area contributed by atoms with E-state index in [1.54, 1.807) is 6.92 Å². The third kappa shape index (κ3) is 3.43. The fourth-order valence-corrected chi connectivity index (χ4v) is 1.54. The van der Waals surface area contributed by atoms with Crippen LogP contribution in [0.15, 0.2) is 30.3 Å². The first-order valence-electron chi connectivity index (χ1n) is 4.68. The lowest BCUT2D eigenvalue weighted by molar-refractivity contribution is -0.113. The molecule has 90 valence electrons. The van der Waals surface area contributed by atoms with Gasteiger partial charge in [0.2, 0.25) is 14.4 Å². The van der Waals surface area contributed by atoms with E-state index in [2.05, 4.69) is 0 Å². The summed E-state index contributed by atoms with van der Waals surface area (Å²) in [6.07, 6.45) is 1.21. The number of carbonyl (C=O) groups excluding carboxylic acids is 1. The number of hydrogen-bond donors (Lipinski definition) is 1. The number of rotatable bonds is 4. The highest BCUT2D eigenvalue weighted by Crippen LogP contribution is 2.38. The molecule has 0 heterocycles. The zero-order valence-electron chi connectivity index (χ0n) is 8.98. The lowest BCUT2D eigenvalue weighted by Gasteiger charge is -2.08. The van der Waals surface area contributed by atoms with Gasteiger partial charge >= 0.3 is 5.66 Å². The van der Waals surface area contributed by atoms with Crippen LogP contribution in [-0.2, 0) is 15.0 Å². The Bertz CT molecular complexity index is 469. The van der Waals surface area contributed by atoms with Gasteiger partial charge in [-0.05, 0) is 18.1 Å². The molecular formula is C11H10F2NO2P. The molecule has 1 aromatic rings. The van der Waals surface area contributed by atoms with E-state index in [9.17, 15) is 18.1 Å². The summed E-state index contributed by atoms with van der Waals surface area (Å²) in [5.41, 5.74) is 2.42. The van der Waals surface area contributed by atoms with Crippen LogP contribution in [0, 0.1) is 0 Å². The summed E-state index contributed by atoms with van der Waals surface area (Å²) in [6, 6.07) is 5.17. The van der Waals surface area contributed by atoms with Gasteiger partial charge in [-0.1, -0.05) is 24.3 Å². The number of primary amides is 1. The molecule has 0 aliphatic carbocycles. The smallest absolute Gasteiger partial charge is 0.350 e. The Morgan fingerprint density at radius 2 is 1.88 bits per heavy atom. The minimum atomic E-state index is -3.39. The van der Waals surface area contributed by atoms with Crippen LogP contribution in [-0.4, -0.2) is 5.91 Å². The van der Waals surface area contributed by atoms with Crippen LogP contribution in [0.4, 0.5) is 8.78 Å². The number of amides is 1. The highest BCUT2D eigenvalue weighted by atomic mass is 31.1. The summed E-state index contributed by atoms with van der Waals surface area (Å²) in [5, 5.41) is 0. The zero-order chi connectivity index (χ0) is 13.1. The topological polar surface area (TPSA) is 60.2 Å². The quantitative estimate of drug-likeness (QED) is 0.665. The third-order valence-electron chi connectivity index (χ3n) is 2.16. The van der Waals surface area contributed by atoms with Gasteiger partial charge in [-0.25, -0.2) is 0 Å². The van der Waals surface area contributed by atoms with Gasteiger partial charge in [0.1, 0.15) is 0 Å². The van der Waals surface area contributed by atoms with Gasteiger partial charge < -0.3 is 5.73 Å². The maximum absolute atomic E-state index is 13.0. The van der Waals surface area contributed by atoms with Crippen LogP contribution in [0.3, 0.4) is 0 Å². The predicted molar refractivity (Wildman–Crippen MR) is 60.8 cm³/mol. The van der Waals surface area contributed by atoms with Crippen molar-refractivity contribution in [3.63, 3.8) is 0 Å². The number of nitrogens with two attached hydrogens (primary N) is 1. The maximum atomic E-state index is 13.0. The summed E-state index contributed by atoms with van der Waals surface area (Å²) in [6.45, 7) is 1.64. The van der Waals surface area contributed by atoms with Crippen molar-refractivity contribution in [2.75, 3.05) is 0 Å². The minimum Gasteiger partial charge on any atom is -0.366 e. The number of hydrogen-bond acceptors (Lipinski definition) is 2. The van der Waals surface area contributed by atoms with Crippen molar-refractivity contribution in [3.05, 3.63) is 41.5 Å². The molecule has 0 bridgehead atoms. The second-order valence-corrected chi connectivity index (χ2v) is 4.18. The summed E-state index contributed by atoms with van der Waals surface area (Å²) >= 11 is 0. The van der Waals surface area contributed by atoms with Gasteiger partial charge in [-0.15, -0.1) is 0 Å². The van der Waals surface area contributed by atoms with Gasteiger partial charge in [0.15, 0.2) is 0 Å². The Hall–Kier alpha value is -1.61. The molecule has 2 N–H and O–H groups in total. The van der Waals surface area contributed by atoms with E-state index in [-0.39, 0.29) is 5.56 Å². The molecular weight excluding hydrogens is 247 g/mol. The van der Waals surface area contributed by atoms with Crippen LogP contribution in [0.25, 0.3) is 5.57 Å². The van der Waals surface area contributed by atoms with E-state index >= 15 is 0 Å². The highest BCUT2D eigenvalue weighted by Gasteiger charge is 2.32. The first-order valence-corrected chi connectivity index (χ1v) is 5.49. The molecule has 0 fully saturated rings. The number of alkyl halides is 2. The second-order valence-electron chi connectivity index (χ2n) is 3.44. The third-order valence-corrected chi connectivity index (χ3v) is 2.65. The van der Waals surface area contributed by atoms with Crippen LogP contribution >= 0.6 is 8.46 Å². The molecule has 3 nitrogen and oxygen atoms in total. The van der Waals surface area contributed by atoms with Crippen LogP contribution in [0.1, 0.15) is 18.1 Å². The van der Waals surface area contributed by atoms with Gasteiger partial charge in [0, 0.05) is 11.6 Å². The van der Waals surface area contributed by atoms with Crippen LogP contribution < -0.4 is 5.73 Å². The SMILES string of the molecule is C/C(=C\C(N)=O)c1ccc(C(F)(F)P=O)cc1. The molecule has 1 rings (SSSR count). The summed E-state index contributed by atoms with van der Waals surface area (Å²) in [7, 11) is -1.24.